The number of hydrazone groups is 1. The van der Waals surface area contributed by atoms with Crippen LogP contribution >= 0.6 is 22.6 Å². The maximum atomic E-state index is 12.7. The lowest BCUT2D eigenvalue weighted by Gasteiger charge is -2.20. The molecule has 1 unspecified atom stereocenters. The maximum Gasteiger partial charge on any atom is 0.262 e. The molecule has 0 spiro atoms. The zero-order valence-electron chi connectivity index (χ0n) is 19.0. The summed E-state index contributed by atoms with van der Waals surface area (Å²) in [6, 6.07) is 11.8. The monoisotopic (exact) mass is 551 g/mol. The molecule has 0 fully saturated rings. The Kier molecular flexibility index (Phi) is 9.96. The van der Waals surface area contributed by atoms with Crippen molar-refractivity contribution in [3.8, 4) is 11.5 Å². The maximum absolute atomic E-state index is 12.7. The van der Waals surface area contributed by atoms with Gasteiger partial charge < -0.3 is 14.8 Å². The molecule has 0 bridgehead atoms. The average Bonchev–Trinajstić information content (AvgIpc) is 2.74. The summed E-state index contributed by atoms with van der Waals surface area (Å²) in [5, 5.41) is 6.86. The lowest BCUT2D eigenvalue weighted by molar-refractivity contribution is -0.123. The predicted molar refractivity (Wildman–Crippen MR) is 134 cm³/mol. The van der Waals surface area contributed by atoms with Crippen molar-refractivity contribution in [3.63, 3.8) is 0 Å². The van der Waals surface area contributed by atoms with Crippen LogP contribution in [0, 0.1) is 9.49 Å². The van der Waals surface area contributed by atoms with Crippen molar-refractivity contribution in [2.24, 2.45) is 11.0 Å². The highest BCUT2D eigenvalue weighted by molar-refractivity contribution is 14.1. The molecule has 7 nitrogen and oxygen atoms in total. The molecule has 0 aliphatic heterocycles. The van der Waals surface area contributed by atoms with Crippen molar-refractivity contribution in [2.45, 2.75) is 46.8 Å². The van der Waals surface area contributed by atoms with Gasteiger partial charge in [0.1, 0.15) is 6.04 Å². The van der Waals surface area contributed by atoms with E-state index in [-0.39, 0.29) is 23.8 Å². The molecule has 0 aliphatic rings. The summed E-state index contributed by atoms with van der Waals surface area (Å²) in [5.74, 6) is 0.499. The second kappa shape index (κ2) is 12.4. The van der Waals surface area contributed by atoms with Crippen molar-refractivity contribution in [1.82, 2.24) is 10.7 Å². The van der Waals surface area contributed by atoms with Crippen LogP contribution in [0.4, 0.5) is 0 Å². The highest BCUT2D eigenvalue weighted by atomic mass is 127. The van der Waals surface area contributed by atoms with Gasteiger partial charge in [0.15, 0.2) is 11.5 Å². The number of halogens is 1. The molecular formula is C24H30IN3O4. The van der Waals surface area contributed by atoms with Crippen LogP contribution in [-0.2, 0) is 4.79 Å². The number of ether oxygens (including phenoxy) is 2. The molecule has 0 heterocycles. The van der Waals surface area contributed by atoms with E-state index in [9.17, 15) is 9.59 Å². The summed E-state index contributed by atoms with van der Waals surface area (Å²) in [6.45, 7) is 10.0. The van der Waals surface area contributed by atoms with E-state index in [0.29, 0.717) is 23.7 Å². The highest BCUT2D eigenvalue weighted by Crippen LogP contribution is 2.34. The average molecular weight is 551 g/mol. The lowest BCUT2D eigenvalue weighted by Crippen LogP contribution is -2.48. The zero-order chi connectivity index (χ0) is 23.7. The van der Waals surface area contributed by atoms with Crippen LogP contribution in [0.1, 0.15) is 50.5 Å². The van der Waals surface area contributed by atoms with Crippen molar-refractivity contribution in [1.29, 1.82) is 0 Å². The molecule has 0 radical (unpaired) electrons. The summed E-state index contributed by atoms with van der Waals surface area (Å²) < 4.78 is 12.5. The van der Waals surface area contributed by atoms with Gasteiger partial charge >= 0.3 is 0 Å². The Morgan fingerprint density at radius 1 is 1.12 bits per heavy atom. The van der Waals surface area contributed by atoms with E-state index in [1.54, 1.807) is 24.3 Å². The highest BCUT2D eigenvalue weighted by Gasteiger charge is 2.24. The number of carbonyl (C=O) groups is 2. The van der Waals surface area contributed by atoms with Gasteiger partial charge in [-0.25, -0.2) is 5.43 Å². The van der Waals surface area contributed by atoms with Crippen molar-refractivity contribution in [3.05, 3.63) is 57.2 Å². The number of hydrogen-bond donors (Lipinski definition) is 2. The third kappa shape index (κ3) is 7.51. The molecule has 0 aromatic heterocycles. The Morgan fingerprint density at radius 2 is 1.81 bits per heavy atom. The molecule has 2 amide bonds. The molecule has 2 rings (SSSR count). The van der Waals surface area contributed by atoms with Gasteiger partial charge in [0.25, 0.3) is 11.8 Å². The van der Waals surface area contributed by atoms with Gasteiger partial charge in [-0.2, -0.15) is 5.10 Å². The molecule has 172 valence electrons. The quantitative estimate of drug-likeness (QED) is 0.261. The fourth-order valence-electron chi connectivity index (χ4n) is 2.86. The minimum atomic E-state index is -0.721. The third-order valence-corrected chi connectivity index (χ3v) is 5.15. The largest absolute Gasteiger partial charge is 0.490 e. The van der Waals surface area contributed by atoms with Crippen LogP contribution in [0.25, 0.3) is 0 Å². The van der Waals surface area contributed by atoms with E-state index in [1.165, 1.54) is 6.21 Å². The van der Waals surface area contributed by atoms with E-state index < -0.39 is 6.04 Å². The fraction of sp³-hybridized carbons (Fsp3) is 0.375. The van der Waals surface area contributed by atoms with Gasteiger partial charge in [-0.05, 0) is 79.1 Å². The Bertz CT molecular complexity index is 946. The normalized spacial score (nSPS) is 12.1. The van der Waals surface area contributed by atoms with Crippen LogP contribution in [0.5, 0.6) is 11.5 Å². The number of rotatable bonds is 10. The Morgan fingerprint density at radius 3 is 2.41 bits per heavy atom. The van der Waals surface area contributed by atoms with E-state index in [1.807, 2.05) is 52.8 Å². The lowest BCUT2D eigenvalue weighted by atomic mass is 10.0. The van der Waals surface area contributed by atoms with Gasteiger partial charge in [-0.3, -0.25) is 9.59 Å². The number of nitrogens with one attached hydrogen (secondary N) is 2. The summed E-state index contributed by atoms with van der Waals surface area (Å²) in [7, 11) is 0. The number of nitrogens with zero attached hydrogens (tertiary/aromatic N) is 1. The molecule has 2 aromatic carbocycles. The first-order chi connectivity index (χ1) is 15.2. The minimum Gasteiger partial charge on any atom is -0.490 e. The Hall–Kier alpha value is -2.62. The summed E-state index contributed by atoms with van der Waals surface area (Å²) in [6.07, 6.45) is 1.55. The van der Waals surface area contributed by atoms with Crippen LogP contribution < -0.4 is 20.2 Å². The molecular weight excluding hydrogens is 521 g/mol. The van der Waals surface area contributed by atoms with Crippen LogP contribution in [0.15, 0.2) is 47.6 Å². The van der Waals surface area contributed by atoms with E-state index in [4.69, 9.17) is 9.47 Å². The first-order valence-electron chi connectivity index (χ1n) is 10.5. The Balaban J connectivity index is 2.10. The first kappa shape index (κ1) is 25.6. The van der Waals surface area contributed by atoms with Crippen LogP contribution in [-0.4, -0.2) is 36.8 Å². The van der Waals surface area contributed by atoms with E-state index in [0.717, 1.165) is 9.13 Å². The topological polar surface area (TPSA) is 89.0 Å². The molecule has 0 saturated heterocycles. The number of amides is 2. The standard InChI is InChI=1S/C24H30IN3O4/c1-6-31-20-13-17(12-19(25)22(20)32-16(4)5)14-26-28-24(30)21(15(2)3)27-23(29)18-10-8-7-9-11-18/h7-16,21H,6H2,1-5H3,(H,27,29)(H,28,30)/b26-14+. The van der Waals surface area contributed by atoms with Crippen LogP contribution in [0.3, 0.4) is 0 Å². The predicted octanol–water partition coefficient (Wildman–Crippen LogP) is 4.38. The van der Waals surface area contributed by atoms with Gasteiger partial charge in [0, 0.05) is 5.56 Å². The minimum absolute atomic E-state index is 0.0144. The second-order valence-electron chi connectivity index (χ2n) is 7.73. The van der Waals surface area contributed by atoms with Crippen molar-refractivity contribution >= 4 is 40.6 Å². The molecule has 1 atom stereocenters. The number of hydrogen-bond acceptors (Lipinski definition) is 5. The molecule has 32 heavy (non-hydrogen) atoms. The molecule has 0 aliphatic carbocycles. The smallest absolute Gasteiger partial charge is 0.262 e. The zero-order valence-corrected chi connectivity index (χ0v) is 21.2. The summed E-state index contributed by atoms with van der Waals surface area (Å²) in [4.78, 5) is 25.1. The molecule has 2 aromatic rings. The van der Waals surface area contributed by atoms with Crippen molar-refractivity contribution < 1.29 is 19.1 Å². The first-order valence-corrected chi connectivity index (χ1v) is 11.6. The molecule has 0 saturated carbocycles. The van der Waals surface area contributed by atoms with E-state index >= 15 is 0 Å². The molecule has 2 N–H and O–H groups in total. The summed E-state index contributed by atoms with van der Waals surface area (Å²) >= 11 is 2.19. The Labute approximate surface area is 203 Å². The van der Waals surface area contributed by atoms with Gasteiger partial charge in [0.2, 0.25) is 0 Å². The van der Waals surface area contributed by atoms with E-state index in [2.05, 4.69) is 38.4 Å². The summed E-state index contributed by atoms with van der Waals surface area (Å²) in [5.41, 5.74) is 3.78. The number of benzene rings is 2. The van der Waals surface area contributed by atoms with Gasteiger partial charge in [-0.15, -0.1) is 0 Å². The van der Waals surface area contributed by atoms with Gasteiger partial charge in [-0.1, -0.05) is 32.0 Å². The third-order valence-electron chi connectivity index (χ3n) is 4.35. The van der Waals surface area contributed by atoms with Gasteiger partial charge in [0.05, 0.1) is 22.5 Å². The number of carbonyl (C=O) groups excluding carboxylic acids is 2. The fourth-order valence-corrected chi connectivity index (χ4v) is 3.62. The second-order valence-corrected chi connectivity index (χ2v) is 8.89. The molecule has 8 heteroatoms. The SMILES string of the molecule is CCOc1cc(/C=N/NC(=O)C(NC(=O)c2ccccc2)C(C)C)cc(I)c1OC(C)C. The van der Waals surface area contributed by atoms with Crippen LogP contribution in [0.2, 0.25) is 0 Å². The van der Waals surface area contributed by atoms with Crippen molar-refractivity contribution in [2.75, 3.05) is 6.61 Å².